The number of aliphatic imine (C=N–C) groups is 1. The van der Waals surface area contributed by atoms with E-state index in [1.165, 1.54) is 0 Å². The van der Waals surface area contributed by atoms with E-state index in [4.69, 9.17) is 0 Å². The van der Waals surface area contributed by atoms with Crippen molar-refractivity contribution in [2.24, 2.45) is 4.99 Å². The van der Waals surface area contributed by atoms with Crippen molar-refractivity contribution in [3.8, 4) is 0 Å². The minimum Gasteiger partial charge on any atom is -0.326 e. The number of rotatable bonds is 3. The minimum absolute atomic E-state index is 0.0245. The summed E-state index contributed by atoms with van der Waals surface area (Å²) in [5.74, 6) is -0.262. The SMILES string of the molecule is Cc1ccc(NC(=O)C2CC(=O)NC(Nc3ccccc3)=N2)cc1C. The molecule has 1 aliphatic rings. The Morgan fingerprint density at radius 1 is 1.08 bits per heavy atom. The Labute approximate surface area is 146 Å². The Kier molecular flexibility index (Phi) is 4.79. The van der Waals surface area contributed by atoms with Gasteiger partial charge in [-0.1, -0.05) is 24.3 Å². The van der Waals surface area contributed by atoms with Gasteiger partial charge in [-0.2, -0.15) is 0 Å². The molecule has 2 amide bonds. The lowest BCUT2D eigenvalue weighted by Crippen LogP contribution is -2.45. The number of para-hydroxylation sites is 1. The quantitative estimate of drug-likeness (QED) is 0.806. The average Bonchev–Trinajstić information content (AvgIpc) is 2.58. The number of hydrogen-bond acceptors (Lipinski definition) is 4. The maximum absolute atomic E-state index is 12.5. The van der Waals surface area contributed by atoms with Gasteiger partial charge in [-0.25, -0.2) is 4.99 Å². The van der Waals surface area contributed by atoms with Crippen LogP contribution in [0.15, 0.2) is 53.5 Å². The molecule has 0 saturated carbocycles. The number of nitrogens with zero attached hydrogens (tertiary/aromatic N) is 1. The zero-order valence-electron chi connectivity index (χ0n) is 14.2. The summed E-state index contributed by atoms with van der Waals surface area (Å²) in [6.45, 7) is 4.00. The Balaban J connectivity index is 1.73. The van der Waals surface area contributed by atoms with E-state index in [1.54, 1.807) is 0 Å². The Morgan fingerprint density at radius 3 is 2.56 bits per heavy atom. The zero-order chi connectivity index (χ0) is 17.8. The van der Waals surface area contributed by atoms with Gasteiger partial charge in [0.15, 0.2) is 0 Å². The number of guanidine groups is 1. The largest absolute Gasteiger partial charge is 0.326 e. The lowest BCUT2D eigenvalue weighted by Gasteiger charge is -2.21. The van der Waals surface area contributed by atoms with E-state index in [1.807, 2.05) is 62.4 Å². The molecule has 0 saturated heterocycles. The molecule has 0 fully saturated rings. The first-order valence-electron chi connectivity index (χ1n) is 8.09. The third-order valence-electron chi connectivity index (χ3n) is 4.04. The van der Waals surface area contributed by atoms with Crippen LogP contribution in [0.5, 0.6) is 0 Å². The van der Waals surface area contributed by atoms with Gasteiger partial charge in [-0.3, -0.25) is 14.9 Å². The number of amides is 2. The van der Waals surface area contributed by atoms with Crippen molar-refractivity contribution in [2.45, 2.75) is 26.3 Å². The molecular weight excluding hydrogens is 316 g/mol. The molecular formula is C19H20N4O2. The molecule has 1 heterocycles. The van der Waals surface area contributed by atoms with E-state index in [-0.39, 0.29) is 24.2 Å². The molecule has 25 heavy (non-hydrogen) atoms. The first kappa shape index (κ1) is 16.7. The van der Waals surface area contributed by atoms with Gasteiger partial charge < -0.3 is 10.6 Å². The van der Waals surface area contributed by atoms with Crippen LogP contribution >= 0.6 is 0 Å². The van der Waals surface area contributed by atoms with Gasteiger partial charge in [-0.15, -0.1) is 0 Å². The van der Waals surface area contributed by atoms with Gasteiger partial charge in [0.25, 0.3) is 0 Å². The van der Waals surface area contributed by atoms with Crippen LogP contribution < -0.4 is 16.0 Å². The molecule has 0 radical (unpaired) electrons. The molecule has 2 aromatic rings. The molecule has 128 valence electrons. The summed E-state index contributed by atoms with van der Waals surface area (Å²) in [6.07, 6.45) is 0.0245. The minimum atomic E-state index is -0.762. The van der Waals surface area contributed by atoms with Crippen molar-refractivity contribution < 1.29 is 9.59 Å². The molecule has 0 spiro atoms. The van der Waals surface area contributed by atoms with Crippen molar-refractivity contribution in [3.05, 3.63) is 59.7 Å². The van der Waals surface area contributed by atoms with Crippen LogP contribution in [-0.4, -0.2) is 23.8 Å². The highest BCUT2D eigenvalue weighted by molar-refractivity contribution is 6.10. The van der Waals surface area contributed by atoms with E-state index in [9.17, 15) is 9.59 Å². The summed E-state index contributed by atoms with van der Waals surface area (Å²) >= 11 is 0. The first-order valence-corrected chi connectivity index (χ1v) is 8.09. The summed E-state index contributed by atoms with van der Waals surface area (Å²) in [5, 5.41) is 8.50. The van der Waals surface area contributed by atoms with Gasteiger partial charge in [0.2, 0.25) is 17.8 Å². The number of benzene rings is 2. The summed E-state index contributed by atoms with van der Waals surface area (Å²) in [5.41, 5.74) is 3.74. The third kappa shape index (κ3) is 4.23. The number of aryl methyl sites for hydroxylation is 2. The molecule has 6 nitrogen and oxygen atoms in total. The Hall–Kier alpha value is -3.15. The van der Waals surface area contributed by atoms with E-state index < -0.39 is 6.04 Å². The van der Waals surface area contributed by atoms with Crippen LogP contribution in [0.2, 0.25) is 0 Å². The van der Waals surface area contributed by atoms with Crippen molar-refractivity contribution in [3.63, 3.8) is 0 Å². The van der Waals surface area contributed by atoms with Crippen molar-refractivity contribution in [2.75, 3.05) is 10.6 Å². The summed E-state index contributed by atoms with van der Waals surface area (Å²) in [4.78, 5) is 28.7. The summed E-state index contributed by atoms with van der Waals surface area (Å²) in [6, 6.07) is 14.3. The van der Waals surface area contributed by atoms with Gasteiger partial charge in [0.05, 0.1) is 6.42 Å². The second-order valence-electron chi connectivity index (χ2n) is 6.03. The van der Waals surface area contributed by atoms with Crippen molar-refractivity contribution >= 4 is 29.1 Å². The lowest BCUT2D eigenvalue weighted by molar-refractivity contribution is -0.124. The van der Waals surface area contributed by atoms with Gasteiger partial charge in [-0.05, 0) is 49.2 Å². The molecule has 0 bridgehead atoms. The first-order chi connectivity index (χ1) is 12.0. The van der Waals surface area contributed by atoms with Gasteiger partial charge in [0, 0.05) is 11.4 Å². The van der Waals surface area contributed by atoms with Crippen LogP contribution in [0.4, 0.5) is 11.4 Å². The third-order valence-corrected chi connectivity index (χ3v) is 4.04. The maximum atomic E-state index is 12.5. The molecule has 6 heteroatoms. The predicted molar refractivity (Wildman–Crippen MR) is 98.6 cm³/mol. The normalized spacial score (nSPS) is 16.6. The van der Waals surface area contributed by atoms with Crippen LogP contribution in [0.3, 0.4) is 0 Å². The molecule has 0 aliphatic carbocycles. The second-order valence-corrected chi connectivity index (χ2v) is 6.03. The highest BCUT2D eigenvalue weighted by Crippen LogP contribution is 2.16. The molecule has 1 atom stereocenters. The highest BCUT2D eigenvalue weighted by Gasteiger charge is 2.27. The fourth-order valence-corrected chi connectivity index (χ4v) is 2.51. The number of carbonyl (C=O) groups is 2. The Bertz CT molecular complexity index is 831. The van der Waals surface area contributed by atoms with Crippen LogP contribution in [0.1, 0.15) is 17.5 Å². The molecule has 1 unspecified atom stereocenters. The van der Waals surface area contributed by atoms with Gasteiger partial charge in [0.1, 0.15) is 6.04 Å². The Morgan fingerprint density at radius 2 is 1.84 bits per heavy atom. The zero-order valence-corrected chi connectivity index (χ0v) is 14.2. The van der Waals surface area contributed by atoms with E-state index >= 15 is 0 Å². The highest BCUT2D eigenvalue weighted by atomic mass is 16.2. The molecule has 2 aromatic carbocycles. The van der Waals surface area contributed by atoms with Crippen LogP contribution in [0, 0.1) is 13.8 Å². The van der Waals surface area contributed by atoms with Crippen LogP contribution in [0.25, 0.3) is 0 Å². The lowest BCUT2D eigenvalue weighted by atomic mass is 10.1. The maximum Gasteiger partial charge on any atom is 0.249 e. The summed E-state index contributed by atoms with van der Waals surface area (Å²) in [7, 11) is 0. The van der Waals surface area contributed by atoms with Crippen molar-refractivity contribution in [1.29, 1.82) is 0 Å². The van der Waals surface area contributed by atoms with E-state index in [0.29, 0.717) is 5.69 Å². The topological polar surface area (TPSA) is 82.6 Å². The molecule has 3 rings (SSSR count). The van der Waals surface area contributed by atoms with Gasteiger partial charge >= 0.3 is 0 Å². The smallest absolute Gasteiger partial charge is 0.249 e. The predicted octanol–water partition coefficient (Wildman–Crippen LogP) is 2.60. The number of nitrogens with one attached hydrogen (secondary N) is 3. The van der Waals surface area contributed by atoms with E-state index in [0.717, 1.165) is 16.8 Å². The molecule has 3 N–H and O–H groups in total. The second kappa shape index (κ2) is 7.17. The van der Waals surface area contributed by atoms with Crippen molar-refractivity contribution in [1.82, 2.24) is 5.32 Å². The monoisotopic (exact) mass is 336 g/mol. The van der Waals surface area contributed by atoms with Crippen LogP contribution in [-0.2, 0) is 9.59 Å². The fourth-order valence-electron chi connectivity index (χ4n) is 2.51. The van der Waals surface area contributed by atoms with E-state index in [2.05, 4.69) is 20.9 Å². The molecule has 0 aromatic heterocycles. The average molecular weight is 336 g/mol. The number of hydrogen-bond donors (Lipinski definition) is 3. The summed E-state index contributed by atoms with van der Waals surface area (Å²) < 4.78 is 0. The standard InChI is InChI=1S/C19H20N4O2/c1-12-8-9-15(10-13(12)2)20-18(25)16-11-17(24)23-19(22-16)21-14-6-4-3-5-7-14/h3-10,16H,11H2,1-2H3,(H,20,25)(H2,21,22,23,24). The number of carbonyl (C=O) groups excluding carboxylic acids is 2. The fraction of sp³-hybridized carbons (Fsp3) is 0.211. The molecule has 1 aliphatic heterocycles. The number of anilines is 2.